The topological polar surface area (TPSA) is 383 Å². The maximum atomic E-state index is 12.8. The highest BCUT2D eigenvalue weighted by Gasteiger charge is 2.31. The predicted octanol–water partition coefficient (Wildman–Crippen LogP) is 15.3. The highest BCUT2D eigenvalue weighted by atomic mass is 16.5. The molecule has 0 unspecified atom stereocenters. The lowest BCUT2D eigenvalue weighted by atomic mass is 9.86. The van der Waals surface area contributed by atoms with Crippen LogP contribution in [0.4, 0.5) is 23.8 Å². The maximum Gasteiger partial charge on any atom is 0.291 e. The van der Waals surface area contributed by atoms with Crippen LogP contribution in [0.15, 0.2) is 238 Å². The number of anilines is 4. The molecule has 0 bridgehead atoms. The van der Waals surface area contributed by atoms with E-state index in [1.54, 1.807) is 23.0 Å². The number of fused-ring (bicyclic) bond motifs is 4. The van der Waals surface area contributed by atoms with E-state index in [1.165, 1.54) is 64.0 Å². The number of nitrogens with one attached hydrogen (secondary N) is 8. The standard InChI is InChI=1S/C27H30N6O2.C27H31N5O2.C24H27N5O.C23H27N9O2/c1-27(2,3)20-11-9-18(10-12-20)24-29-22-17-23(34)31-33(22)26(30-24)28-21-13-15-32(16-14-21)25(35)19-7-5-4-6-8-19;1-27(2,3)21-11-9-20(10-12-21)25-28-23-17-24(33)30-32(23)26(29-25)31-15-13-22(14-16-31)34-18-19-7-5-4-6-8-19;1-24(2,3)19-13-11-18(12-14-19)22-26-20-16-21(30)28-29(20)23(27-22)25-15-7-10-17-8-5-4-6-9-17;1-23(2,3)15-6-4-14(5-7-15)19-27-17-12-18(33)30-32(17)22(28-19)26-16-8-10-31(11-9-16)21(34)20-24-13-25-29-20/h4-12,17,21H,13-16H2,1-3H3,(H,31,34)(H,28,29,30);4-12,17,22H,13-16,18H2,1-3H3,(H,30,33);4-6,8-9,11-14,16H,7,10,15H2,1-3H3,(H,28,30)(H,25,26,27);4-7,12-13,16H,8-11H2,1-3H3,(H,30,33)(H,24,25,29)(H,26,27,28). The zero-order valence-corrected chi connectivity index (χ0v) is 77.3. The Hall–Kier alpha value is -14.8. The zero-order chi connectivity index (χ0) is 93.3. The third-order valence-electron chi connectivity index (χ3n) is 24.1. The van der Waals surface area contributed by atoms with Gasteiger partial charge in [0, 0.05) is 110 Å². The van der Waals surface area contributed by atoms with Crippen LogP contribution in [0.25, 0.3) is 68.1 Å². The van der Waals surface area contributed by atoms with Gasteiger partial charge in [-0.1, -0.05) is 259 Å². The van der Waals surface area contributed by atoms with Gasteiger partial charge in [0.25, 0.3) is 34.1 Å². The van der Waals surface area contributed by atoms with Crippen molar-refractivity contribution in [2.24, 2.45) is 0 Å². The van der Waals surface area contributed by atoms with Crippen molar-refractivity contribution >= 4 is 58.2 Å². The van der Waals surface area contributed by atoms with Crippen molar-refractivity contribution in [3.8, 4) is 45.6 Å². The molecule has 32 heteroatoms. The summed E-state index contributed by atoms with van der Waals surface area (Å²) in [7, 11) is 0. The Bertz CT molecular complexity index is 6910. The Morgan fingerprint density at radius 1 is 0.391 bits per heavy atom. The molecule has 133 heavy (non-hydrogen) atoms. The molecule has 686 valence electrons. The van der Waals surface area contributed by atoms with Gasteiger partial charge in [0.05, 0.1) is 12.7 Å². The summed E-state index contributed by atoms with van der Waals surface area (Å²) in [5, 5.41) is 27.8. The van der Waals surface area contributed by atoms with Crippen molar-refractivity contribution in [2.45, 2.75) is 181 Å². The second-order valence-corrected chi connectivity index (χ2v) is 38.1. The van der Waals surface area contributed by atoms with Gasteiger partial charge in [-0.3, -0.25) is 54.3 Å². The Balaban J connectivity index is 0.000000129. The summed E-state index contributed by atoms with van der Waals surface area (Å²) < 4.78 is 12.6. The molecule has 2 amide bonds. The average molecular weight is 1790 g/mol. The molecule has 0 atom stereocenters. The van der Waals surface area contributed by atoms with E-state index in [9.17, 15) is 28.8 Å². The number of hydrogen-bond donors (Lipinski definition) is 8. The summed E-state index contributed by atoms with van der Waals surface area (Å²) >= 11 is 0. The van der Waals surface area contributed by atoms with Gasteiger partial charge in [-0.05, 0) is 119 Å². The molecule has 3 saturated heterocycles. The summed E-state index contributed by atoms with van der Waals surface area (Å²) in [6.07, 6.45) is 8.30. The zero-order valence-electron chi connectivity index (χ0n) is 77.3. The van der Waals surface area contributed by atoms with Gasteiger partial charge in [-0.15, -0.1) is 0 Å². The van der Waals surface area contributed by atoms with Gasteiger partial charge >= 0.3 is 0 Å². The number of aryl methyl sites for hydroxylation is 1. The molecule has 3 aliphatic heterocycles. The van der Waals surface area contributed by atoms with E-state index in [2.05, 4.69) is 257 Å². The van der Waals surface area contributed by atoms with E-state index in [4.69, 9.17) is 24.7 Å². The molecular formula is C101H115N25O7. The highest BCUT2D eigenvalue weighted by Crippen LogP contribution is 2.33. The van der Waals surface area contributed by atoms with Gasteiger partial charge in [0.1, 0.15) is 6.33 Å². The average Bonchev–Trinajstić information content (AvgIpc) is 1.66. The van der Waals surface area contributed by atoms with Crippen molar-refractivity contribution < 1.29 is 14.3 Å². The predicted molar refractivity (Wildman–Crippen MR) is 519 cm³/mol. The van der Waals surface area contributed by atoms with Crippen LogP contribution in [0.3, 0.4) is 0 Å². The monoisotopic (exact) mass is 1790 g/mol. The van der Waals surface area contributed by atoms with Crippen LogP contribution in [0.5, 0.6) is 0 Å². The number of benzene rings is 7. The molecule has 3 fully saturated rings. The number of carbonyl (C=O) groups is 2. The van der Waals surface area contributed by atoms with Crippen molar-refractivity contribution in [1.82, 2.24) is 103 Å². The second-order valence-electron chi connectivity index (χ2n) is 38.1. The Kier molecular flexibility index (Phi) is 27.2. The number of piperidine rings is 3. The minimum absolute atomic E-state index is 0.0493. The number of aromatic nitrogens is 19. The molecule has 32 nitrogen and oxygen atoms in total. The summed E-state index contributed by atoms with van der Waals surface area (Å²) in [5.41, 5.74) is 13.3. The third-order valence-corrected chi connectivity index (χ3v) is 24.1. The number of likely N-dealkylation sites (tertiary alicyclic amines) is 2. The van der Waals surface area contributed by atoms with Crippen LogP contribution in [-0.4, -0.2) is 179 Å². The molecule has 0 spiro atoms. The molecule has 0 aliphatic carbocycles. The van der Waals surface area contributed by atoms with Gasteiger partial charge in [-0.2, -0.15) is 25.0 Å². The van der Waals surface area contributed by atoms with E-state index in [0.717, 1.165) is 93.3 Å². The fourth-order valence-corrected chi connectivity index (χ4v) is 16.3. The van der Waals surface area contributed by atoms with Gasteiger partial charge in [-0.25, -0.2) is 43.0 Å². The first-order valence-electron chi connectivity index (χ1n) is 45.5. The van der Waals surface area contributed by atoms with Crippen LogP contribution in [0, 0.1) is 0 Å². The molecule has 12 heterocycles. The number of rotatable bonds is 19. The first kappa shape index (κ1) is 91.5. The quantitative estimate of drug-likeness (QED) is 0.0349. The van der Waals surface area contributed by atoms with Gasteiger partial charge < -0.3 is 35.4 Å². The molecule has 19 rings (SSSR count). The summed E-state index contributed by atoms with van der Waals surface area (Å²) in [6.45, 7) is 31.6. The van der Waals surface area contributed by atoms with Crippen LogP contribution in [-0.2, 0) is 39.4 Å². The lowest BCUT2D eigenvalue weighted by molar-refractivity contribution is 0.0249. The van der Waals surface area contributed by atoms with Crippen molar-refractivity contribution in [3.63, 3.8) is 0 Å². The molecule has 0 saturated carbocycles. The SMILES string of the molecule is CC(C)(C)c1ccc(-c2nc(N3CCC(OCc4ccccc4)CC3)n3[nH]c(=O)cc3n2)cc1.CC(C)(C)c1ccc(-c2nc(NC3CCN(C(=O)c4ccccc4)CC3)n3[nH]c(=O)cc3n2)cc1.CC(C)(C)c1ccc(-c2nc(NC3CCN(C(=O)c4ncn[nH]4)CC3)n3[nH]c(=O)cc3n2)cc1.CC(C)(C)c1ccc(-c2nc(NCCCc3ccccc3)n3[nH]c(=O)cc3n2)cc1. The normalized spacial score (nSPS) is 14.3. The van der Waals surface area contributed by atoms with E-state index in [0.29, 0.717) is 108 Å². The molecular weight excluding hydrogens is 1680 g/mol. The summed E-state index contributed by atoms with van der Waals surface area (Å²) in [4.78, 5) is 121. The minimum atomic E-state index is -0.245. The molecule has 8 N–H and O–H groups in total. The molecule has 0 radical (unpaired) electrons. The number of amides is 2. The highest BCUT2D eigenvalue weighted by molar-refractivity contribution is 5.94. The second kappa shape index (κ2) is 39.5. The number of carbonyl (C=O) groups excluding carboxylic acids is 2. The molecule has 9 aromatic heterocycles. The number of hydrogen-bond acceptors (Lipinski definition) is 21. The summed E-state index contributed by atoms with van der Waals surface area (Å²) in [6, 6.07) is 69.3. The number of ether oxygens (including phenoxy) is 1. The lowest BCUT2D eigenvalue weighted by Gasteiger charge is -2.32. The number of nitrogens with zero attached hydrogens (tertiary/aromatic N) is 17. The van der Waals surface area contributed by atoms with E-state index >= 15 is 0 Å². The van der Waals surface area contributed by atoms with E-state index in [1.807, 2.05) is 95.9 Å². The van der Waals surface area contributed by atoms with Gasteiger partial charge in [0.2, 0.25) is 29.6 Å². The van der Waals surface area contributed by atoms with Crippen molar-refractivity contribution in [1.29, 1.82) is 0 Å². The van der Waals surface area contributed by atoms with Gasteiger partial charge in [0.15, 0.2) is 45.9 Å². The Morgan fingerprint density at radius 3 is 1.14 bits per heavy atom. The molecule has 7 aromatic carbocycles. The smallest absolute Gasteiger partial charge is 0.291 e. The van der Waals surface area contributed by atoms with Crippen molar-refractivity contribution in [2.75, 3.05) is 66.7 Å². The minimum Gasteiger partial charge on any atom is -0.373 e. The summed E-state index contributed by atoms with van der Waals surface area (Å²) in [5.74, 6) is 4.83. The van der Waals surface area contributed by atoms with Crippen LogP contribution < -0.4 is 43.1 Å². The Morgan fingerprint density at radius 2 is 0.744 bits per heavy atom. The van der Waals surface area contributed by atoms with Crippen molar-refractivity contribution in [3.05, 3.63) is 305 Å². The molecule has 3 aliphatic rings. The first-order chi connectivity index (χ1) is 63.8. The fourth-order valence-electron chi connectivity index (χ4n) is 16.3. The Labute approximate surface area is 769 Å². The van der Waals surface area contributed by atoms with Crippen LogP contribution in [0.2, 0.25) is 0 Å². The van der Waals surface area contributed by atoms with E-state index in [-0.39, 0.29) is 79.7 Å². The number of aromatic amines is 5. The first-order valence-corrected chi connectivity index (χ1v) is 45.5. The largest absolute Gasteiger partial charge is 0.373 e. The lowest BCUT2D eigenvalue weighted by Crippen LogP contribution is -2.43. The number of H-pyrrole nitrogens is 5. The fraction of sp³-hybridized carbons (Fsp3) is 0.347. The van der Waals surface area contributed by atoms with Crippen LogP contribution in [0.1, 0.15) is 182 Å². The van der Waals surface area contributed by atoms with Crippen LogP contribution >= 0.6 is 0 Å². The van der Waals surface area contributed by atoms with E-state index < -0.39 is 0 Å². The third kappa shape index (κ3) is 22.6. The molecule has 16 aromatic rings. The maximum absolute atomic E-state index is 12.8.